The minimum Gasteiger partial charge on any atom is -0.492 e. The van der Waals surface area contributed by atoms with Crippen molar-refractivity contribution in [2.45, 2.75) is 46.6 Å². The van der Waals surface area contributed by atoms with Gasteiger partial charge in [0.05, 0.1) is 12.3 Å². The van der Waals surface area contributed by atoms with Gasteiger partial charge >= 0.3 is 0 Å². The zero-order valence-corrected chi connectivity index (χ0v) is 10.8. The van der Waals surface area contributed by atoms with E-state index in [9.17, 15) is 0 Å². The number of rotatable bonds is 6. The van der Waals surface area contributed by atoms with E-state index in [4.69, 9.17) is 4.74 Å². The normalized spacial score (nSPS) is 12.2. The summed E-state index contributed by atoms with van der Waals surface area (Å²) >= 11 is 0. The third kappa shape index (κ3) is 3.76. The highest BCUT2D eigenvalue weighted by molar-refractivity contribution is 5.58. The maximum atomic E-state index is 5.63. The molecule has 2 nitrogen and oxygen atoms in total. The summed E-state index contributed by atoms with van der Waals surface area (Å²) in [5, 5.41) is 3.50. The van der Waals surface area contributed by atoms with Crippen LogP contribution in [-0.2, 0) is 0 Å². The van der Waals surface area contributed by atoms with Crippen LogP contribution in [0.3, 0.4) is 0 Å². The van der Waals surface area contributed by atoms with Crippen LogP contribution in [0, 0.1) is 6.92 Å². The summed E-state index contributed by atoms with van der Waals surface area (Å²) in [6.45, 7) is 9.22. The number of hydrogen-bond donors (Lipinski definition) is 1. The number of nitrogens with one attached hydrogen (secondary N) is 1. The molecule has 0 amide bonds. The zero-order chi connectivity index (χ0) is 12.0. The van der Waals surface area contributed by atoms with Crippen molar-refractivity contribution in [1.82, 2.24) is 0 Å². The van der Waals surface area contributed by atoms with Crippen LogP contribution in [0.5, 0.6) is 5.75 Å². The van der Waals surface area contributed by atoms with Crippen molar-refractivity contribution in [2.24, 2.45) is 0 Å². The highest BCUT2D eigenvalue weighted by atomic mass is 16.5. The molecule has 0 aliphatic rings. The van der Waals surface area contributed by atoms with E-state index in [2.05, 4.69) is 44.3 Å². The topological polar surface area (TPSA) is 21.3 Å². The lowest BCUT2D eigenvalue weighted by atomic mass is 10.1. The molecule has 0 bridgehead atoms. The quantitative estimate of drug-likeness (QED) is 0.784. The lowest BCUT2D eigenvalue weighted by Gasteiger charge is -2.18. The predicted octanol–water partition coefficient (Wildman–Crippen LogP) is 3.99. The summed E-state index contributed by atoms with van der Waals surface area (Å²) in [6, 6.07) is 6.80. The Hall–Kier alpha value is -1.18. The average molecular weight is 221 g/mol. The van der Waals surface area contributed by atoms with Crippen LogP contribution < -0.4 is 10.1 Å². The molecule has 0 saturated heterocycles. The minimum absolute atomic E-state index is 0.493. The molecule has 1 N–H and O–H groups in total. The van der Waals surface area contributed by atoms with Crippen molar-refractivity contribution >= 4 is 5.69 Å². The molecular weight excluding hydrogens is 198 g/mol. The fraction of sp³-hybridized carbons (Fsp3) is 0.571. The molecule has 0 aliphatic heterocycles. The van der Waals surface area contributed by atoms with Gasteiger partial charge in [-0.2, -0.15) is 0 Å². The lowest BCUT2D eigenvalue weighted by molar-refractivity contribution is 0.341. The van der Waals surface area contributed by atoms with E-state index in [1.165, 1.54) is 18.4 Å². The molecule has 0 heterocycles. The fourth-order valence-electron chi connectivity index (χ4n) is 1.79. The number of benzene rings is 1. The summed E-state index contributed by atoms with van der Waals surface area (Å²) in [5.74, 6) is 0.963. The molecule has 16 heavy (non-hydrogen) atoms. The van der Waals surface area contributed by atoms with E-state index in [1.54, 1.807) is 0 Å². The van der Waals surface area contributed by atoms with Gasteiger partial charge in [-0.25, -0.2) is 0 Å². The van der Waals surface area contributed by atoms with E-state index in [0.29, 0.717) is 12.6 Å². The summed E-state index contributed by atoms with van der Waals surface area (Å²) in [7, 11) is 0. The molecule has 1 unspecified atom stereocenters. The van der Waals surface area contributed by atoms with Crippen LogP contribution in [0.4, 0.5) is 5.69 Å². The molecule has 0 saturated carbocycles. The Labute approximate surface area is 99.0 Å². The Morgan fingerprint density at radius 1 is 1.31 bits per heavy atom. The fourth-order valence-corrected chi connectivity index (χ4v) is 1.79. The molecule has 1 rings (SSSR count). The summed E-state index contributed by atoms with van der Waals surface area (Å²) in [4.78, 5) is 0. The van der Waals surface area contributed by atoms with Crippen LogP contribution in [-0.4, -0.2) is 12.6 Å². The van der Waals surface area contributed by atoms with Crippen LogP contribution in [0.2, 0.25) is 0 Å². The maximum absolute atomic E-state index is 5.63. The van der Waals surface area contributed by atoms with Crippen LogP contribution >= 0.6 is 0 Å². The van der Waals surface area contributed by atoms with Gasteiger partial charge in [0.2, 0.25) is 0 Å². The third-order valence-corrected chi connectivity index (χ3v) is 2.56. The lowest BCUT2D eigenvalue weighted by Crippen LogP contribution is -2.15. The smallest absolute Gasteiger partial charge is 0.142 e. The van der Waals surface area contributed by atoms with E-state index in [0.717, 1.165) is 11.4 Å². The average Bonchev–Trinajstić information content (AvgIpc) is 2.23. The van der Waals surface area contributed by atoms with E-state index < -0.39 is 0 Å². The Morgan fingerprint density at radius 2 is 2.06 bits per heavy atom. The molecule has 0 spiro atoms. The Balaban J connectivity index is 2.77. The third-order valence-electron chi connectivity index (χ3n) is 2.56. The minimum atomic E-state index is 0.493. The first kappa shape index (κ1) is 12.9. The van der Waals surface area contributed by atoms with Gasteiger partial charge in [-0.3, -0.25) is 0 Å². The van der Waals surface area contributed by atoms with Crippen molar-refractivity contribution in [1.29, 1.82) is 0 Å². The molecule has 1 atom stereocenters. The first-order valence-corrected chi connectivity index (χ1v) is 6.17. The SMILES string of the molecule is CCCC(C)Nc1ccc(C)cc1OCC. The molecular formula is C14H23NO. The van der Waals surface area contributed by atoms with Crippen LogP contribution in [0.25, 0.3) is 0 Å². The van der Waals surface area contributed by atoms with Gasteiger partial charge in [-0.1, -0.05) is 19.4 Å². The highest BCUT2D eigenvalue weighted by Crippen LogP contribution is 2.26. The van der Waals surface area contributed by atoms with Crippen LogP contribution in [0.1, 0.15) is 39.2 Å². The van der Waals surface area contributed by atoms with E-state index in [-0.39, 0.29) is 0 Å². The molecule has 1 aromatic rings. The largest absolute Gasteiger partial charge is 0.492 e. The Kier molecular flexibility index (Phi) is 5.17. The molecule has 0 fully saturated rings. The summed E-state index contributed by atoms with van der Waals surface area (Å²) < 4.78 is 5.63. The van der Waals surface area contributed by atoms with Gasteiger partial charge in [0, 0.05) is 6.04 Å². The Bertz CT molecular complexity index is 323. The summed E-state index contributed by atoms with van der Waals surface area (Å²) in [6.07, 6.45) is 2.38. The van der Waals surface area contributed by atoms with Crippen molar-refractivity contribution in [2.75, 3.05) is 11.9 Å². The first-order valence-electron chi connectivity index (χ1n) is 6.17. The van der Waals surface area contributed by atoms with E-state index >= 15 is 0 Å². The summed E-state index contributed by atoms with van der Waals surface area (Å²) in [5.41, 5.74) is 2.34. The number of hydrogen-bond acceptors (Lipinski definition) is 2. The van der Waals surface area contributed by atoms with Crippen molar-refractivity contribution in [3.05, 3.63) is 23.8 Å². The van der Waals surface area contributed by atoms with Crippen LogP contribution in [0.15, 0.2) is 18.2 Å². The molecule has 2 heteroatoms. The van der Waals surface area contributed by atoms with Gasteiger partial charge in [-0.05, 0) is 44.9 Å². The van der Waals surface area contributed by atoms with Gasteiger partial charge in [0.15, 0.2) is 0 Å². The highest BCUT2D eigenvalue weighted by Gasteiger charge is 2.06. The first-order chi connectivity index (χ1) is 7.67. The maximum Gasteiger partial charge on any atom is 0.142 e. The second kappa shape index (κ2) is 6.41. The Morgan fingerprint density at radius 3 is 2.69 bits per heavy atom. The van der Waals surface area contributed by atoms with E-state index in [1.807, 2.05) is 6.92 Å². The van der Waals surface area contributed by atoms with Gasteiger partial charge in [0.25, 0.3) is 0 Å². The monoisotopic (exact) mass is 221 g/mol. The zero-order valence-electron chi connectivity index (χ0n) is 10.8. The predicted molar refractivity (Wildman–Crippen MR) is 70.3 cm³/mol. The van der Waals surface area contributed by atoms with Crippen molar-refractivity contribution in [3.8, 4) is 5.75 Å². The molecule has 0 aliphatic carbocycles. The second-order valence-corrected chi connectivity index (χ2v) is 4.27. The number of anilines is 1. The standard InChI is InChI=1S/C14H23NO/c1-5-7-12(4)15-13-9-8-11(3)10-14(13)16-6-2/h8-10,12,15H,5-7H2,1-4H3. The second-order valence-electron chi connectivity index (χ2n) is 4.27. The van der Waals surface area contributed by atoms with Gasteiger partial charge in [0.1, 0.15) is 5.75 Å². The molecule has 0 radical (unpaired) electrons. The molecule has 90 valence electrons. The van der Waals surface area contributed by atoms with Crippen molar-refractivity contribution < 1.29 is 4.74 Å². The van der Waals surface area contributed by atoms with Crippen molar-refractivity contribution in [3.63, 3.8) is 0 Å². The number of ether oxygens (including phenoxy) is 1. The van der Waals surface area contributed by atoms with Gasteiger partial charge < -0.3 is 10.1 Å². The molecule has 0 aromatic heterocycles. The number of aryl methyl sites for hydroxylation is 1. The van der Waals surface area contributed by atoms with Gasteiger partial charge in [-0.15, -0.1) is 0 Å². The molecule has 1 aromatic carbocycles.